The number of hydrogen-bond acceptors (Lipinski definition) is 2. The number of carbonyl (C=O) groups is 1. The summed E-state index contributed by atoms with van der Waals surface area (Å²) in [6.45, 7) is -0.162. The van der Waals surface area contributed by atoms with E-state index in [1.54, 1.807) is 6.92 Å². The van der Waals surface area contributed by atoms with E-state index in [0.717, 1.165) is 6.07 Å². The van der Waals surface area contributed by atoms with Gasteiger partial charge in [0.1, 0.15) is 12.4 Å². The lowest BCUT2D eigenvalue weighted by atomic mass is 10.2. The molecule has 0 unspecified atom stereocenters. The van der Waals surface area contributed by atoms with Gasteiger partial charge in [0.2, 0.25) is 5.91 Å². The normalized spacial score (nSPS) is 11.4. The van der Waals surface area contributed by atoms with E-state index in [9.17, 15) is 22.4 Å². The molecule has 19 heavy (non-hydrogen) atoms. The molecular weight excluding hydrogens is 266 g/mol. The molecule has 1 aromatic carbocycles. The first-order chi connectivity index (χ1) is 8.78. The van der Waals surface area contributed by atoms with Crippen molar-refractivity contribution < 1.29 is 27.1 Å². The van der Waals surface area contributed by atoms with Crippen molar-refractivity contribution in [1.29, 1.82) is 0 Å². The number of aryl methyl sites for hydroxylation is 1. The van der Waals surface area contributed by atoms with Crippen molar-refractivity contribution in [2.75, 3.05) is 18.5 Å². The minimum absolute atomic E-state index is 0.231. The highest BCUT2D eigenvalue weighted by Crippen LogP contribution is 2.15. The first-order valence-electron chi connectivity index (χ1n) is 5.48. The third-order valence-electron chi connectivity index (χ3n) is 2.19. The molecule has 0 aliphatic rings. The van der Waals surface area contributed by atoms with Crippen molar-refractivity contribution in [2.45, 2.75) is 19.5 Å². The summed E-state index contributed by atoms with van der Waals surface area (Å²) >= 11 is 0. The second-order valence-electron chi connectivity index (χ2n) is 3.93. The summed E-state index contributed by atoms with van der Waals surface area (Å²) in [4.78, 5) is 11.3. The van der Waals surface area contributed by atoms with Crippen molar-refractivity contribution in [3.63, 3.8) is 0 Å². The zero-order chi connectivity index (χ0) is 14.5. The van der Waals surface area contributed by atoms with Crippen LogP contribution in [0.25, 0.3) is 0 Å². The number of anilines is 1. The molecule has 1 N–H and O–H groups in total. The number of ether oxygens (including phenoxy) is 1. The standard InChI is InChI=1S/C12H13F4NO2/c1-8-2-3-9(6-10(8)13)17-11(18)4-5-19-7-12(14,15)16/h2-3,6H,4-5,7H2,1H3,(H,17,18). The maximum absolute atomic E-state index is 13.2. The number of hydrogen-bond donors (Lipinski definition) is 1. The molecular formula is C12H13F4NO2. The van der Waals surface area contributed by atoms with Gasteiger partial charge in [-0.3, -0.25) is 4.79 Å². The van der Waals surface area contributed by atoms with E-state index >= 15 is 0 Å². The maximum atomic E-state index is 13.2. The highest BCUT2D eigenvalue weighted by atomic mass is 19.4. The van der Waals surface area contributed by atoms with Crippen LogP contribution in [0.2, 0.25) is 0 Å². The summed E-state index contributed by atoms with van der Waals surface area (Å²) in [6.07, 6.45) is -4.64. The van der Waals surface area contributed by atoms with Gasteiger partial charge in [0.25, 0.3) is 0 Å². The third kappa shape index (κ3) is 6.19. The Balaban J connectivity index is 2.33. The Morgan fingerprint density at radius 2 is 2.05 bits per heavy atom. The summed E-state index contributed by atoms with van der Waals surface area (Å²) in [5.41, 5.74) is 0.690. The monoisotopic (exact) mass is 279 g/mol. The fourth-order valence-electron chi connectivity index (χ4n) is 1.25. The van der Waals surface area contributed by atoms with Crippen LogP contribution in [0.4, 0.5) is 23.2 Å². The van der Waals surface area contributed by atoms with E-state index in [1.165, 1.54) is 12.1 Å². The molecule has 0 radical (unpaired) electrons. The van der Waals surface area contributed by atoms with Gasteiger partial charge < -0.3 is 10.1 Å². The van der Waals surface area contributed by atoms with Gasteiger partial charge >= 0.3 is 6.18 Å². The van der Waals surface area contributed by atoms with Crippen LogP contribution in [-0.4, -0.2) is 25.3 Å². The van der Waals surface area contributed by atoms with Crippen molar-refractivity contribution in [3.8, 4) is 0 Å². The number of halogens is 4. The first kappa shape index (κ1) is 15.4. The molecule has 3 nitrogen and oxygen atoms in total. The van der Waals surface area contributed by atoms with Gasteiger partial charge in [0.05, 0.1) is 13.0 Å². The van der Waals surface area contributed by atoms with Crippen LogP contribution in [-0.2, 0) is 9.53 Å². The summed E-state index contributed by atoms with van der Waals surface area (Å²) in [7, 11) is 0. The first-order valence-corrected chi connectivity index (χ1v) is 5.48. The molecule has 1 amide bonds. The molecule has 0 heterocycles. The van der Waals surface area contributed by atoms with Gasteiger partial charge in [-0.1, -0.05) is 6.07 Å². The number of amides is 1. The molecule has 106 valence electrons. The molecule has 1 rings (SSSR count). The van der Waals surface area contributed by atoms with Gasteiger partial charge in [-0.25, -0.2) is 4.39 Å². The van der Waals surface area contributed by atoms with Crippen LogP contribution < -0.4 is 5.32 Å². The third-order valence-corrected chi connectivity index (χ3v) is 2.19. The van der Waals surface area contributed by atoms with Gasteiger partial charge in [0, 0.05) is 5.69 Å². The number of rotatable bonds is 5. The van der Waals surface area contributed by atoms with Crippen molar-refractivity contribution in [3.05, 3.63) is 29.6 Å². The minimum atomic E-state index is -4.41. The van der Waals surface area contributed by atoms with E-state index in [4.69, 9.17) is 0 Å². The molecule has 0 spiro atoms. The highest BCUT2D eigenvalue weighted by Gasteiger charge is 2.27. The molecule has 0 aliphatic carbocycles. The van der Waals surface area contributed by atoms with Crippen LogP contribution >= 0.6 is 0 Å². The highest BCUT2D eigenvalue weighted by molar-refractivity contribution is 5.90. The Labute approximate surface area is 107 Å². The predicted molar refractivity (Wildman–Crippen MR) is 61.3 cm³/mol. The second kappa shape index (κ2) is 6.51. The Kier molecular flexibility index (Phi) is 5.29. The molecule has 1 aromatic rings. The summed E-state index contributed by atoms with van der Waals surface area (Å²) < 4.78 is 52.7. The fourth-order valence-corrected chi connectivity index (χ4v) is 1.25. The van der Waals surface area contributed by atoms with Gasteiger partial charge in [-0.15, -0.1) is 0 Å². The van der Waals surface area contributed by atoms with Crippen LogP contribution in [0.15, 0.2) is 18.2 Å². The van der Waals surface area contributed by atoms with E-state index in [0.29, 0.717) is 5.56 Å². The largest absolute Gasteiger partial charge is 0.411 e. The summed E-state index contributed by atoms with van der Waals surface area (Å²) in [5, 5.41) is 2.37. The SMILES string of the molecule is Cc1ccc(NC(=O)CCOCC(F)(F)F)cc1F. The average Bonchev–Trinajstić information content (AvgIpc) is 2.28. The van der Waals surface area contributed by atoms with Crippen LogP contribution in [0.5, 0.6) is 0 Å². The van der Waals surface area contributed by atoms with Crippen molar-refractivity contribution >= 4 is 11.6 Å². The van der Waals surface area contributed by atoms with E-state index in [1.807, 2.05) is 0 Å². The van der Waals surface area contributed by atoms with Crippen LogP contribution in [0.1, 0.15) is 12.0 Å². The van der Waals surface area contributed by atoms with Crippen molar-refractivity contribution in [1.82, 2.24) is 0 Å². The van der Waals surface area contributed by atoms with Gasteiger partial charge in [0.15, 0.2) is 0 Å². The lowest BCUT2D eigenvalue weighted by Crippen LogP contribution is -2.20. The molecule has 0 fully saturated rings. The predicted octanol–water partition coefficient (Wildman–Crippen LogP) is 3.04. The van der Waals surface area contributed by atoms with Crippen molar-refractivity contribution in [2.24, 2.45) is 0 Å². The number of alkyl halides is 3. The average molecular weight is 279 g/mol. The van der Waals surface area contributed by atoms with Crippen LogP contribution in [0, 0.1) is 12.7 Å². The lowest BCUT2D eigenvalue weighted by Gasteiger charge is -2.08. The Morgan fingerprint density at radius 1 is 1.37 bits per heavy atom. The molecule has 0 saturated carbocycles. The maximum Gasteiger partial charge on any atom is 0.411 e. The zero-order valence-electron chi connectivity index (χ0n) is 10.2. The van der Waals surface area contributed by atoms with Gasteiger partial charge in [-0.2, -0.15) is 13.2 Å². The van der Waals surface area contributed by atoms with E-state index in [2.05, 4.69) is 10.1 Å². The Hall–Kier alpha value is -1.63. The molecule has 7 heteroatoms. The van der Waals surface area contributed by atoms with E-state index < -0.39 is 24.5 Å². The van der Waals surface area contributed by atoms with Crippen LogP contribution in [0.3, 0.4) is 0 Å². The quantitative estimate of drug-likeness (QED) is 0.664. The fraction of sp³-hybridized carbons (Fsp3) is 0.417. The molecule has 0 bridgehead atoms. The lowest BCUT2D eigenvalue weighted by molar-refractivity contribution is -0.174. The topological polar surface area (TPSA) is 38.3 Å². The number of benzene rings is 1. The molecule has 0 atom stereocenters. The second-order valence-corrected chi connectivity index (χ2v) is 3.93. The number of nitrogens with one attached hydrogen (secondary N) is 1. The smallest absolute Gasteiger partial charge is 0.372 e. The molecule has 0 aliphatic heterocycles. The summed E-state index contributed by atoms with van der Waals surface area (Å²) in [5.74, 6) is -1.00. The zero-order valence-corrected chi connectivity index (χ0v) is 10.2. The number of carbonyl (C=O) groups excluding carboxylic acids is 1. The van der Waals surface area contributed by atoms with Gasteiger partial charge in [-0.05, 0) is 24.6 Å². The minimum Gasteiger partial charge on any atom is -0.372 e. The Morgan fingerprint density at radius 3 is 2.63 bits per heavy atom. The van der Waals surface area contributed by atoms with E-state index in [-0.39, 0.29) is 18.7 Å². The summed E-state index contributed by atoms with van der Waals surface area (Å²) in [6, 6.07) is 4.14. The Bertz CT molecular complexity index is 446. The molecule has 0 saturated heterocycles. The molecule has 0 aromatic heterocycles.